The van der Waals surface area contributed by atoms with E-state index >= 15 is 0 Å². The molecule has 0 spiro atoms. The third kappa shape index (κ3) is 7.55. The third-order valence-corrected chi connectivity index (χ3v) is 11.7. The van der Waals surface area contributed by atoms with E-state index in [2.05, 4.69) is 201 Å². The Morgan fingerprint density at radius 1 is 0.400 bits per heavy atom. The lowest BCUT2D eigenvalue weighted by Gasteiger charge is -2.32. The lowest BCUT2D eigenvalue weighted by molar-refractivity contribution is 0.438. The van der Waals surface area contributed by atoms with E-state index in [-0.39, 0.29) is 16.2 Å². The Kier molecular flexibility index (Phi) is 11.0. The molecule has 5 aromatic rings. The normalized spacial score (nSPS) is 12.2. The first-order valence-corrected chi connectivity index (χ1v) is 18.9. The van der Waals surface area contributed by atoms with E-state index in [9.17, 15) is 0 Å². The highest BCUT2D eigenvalue weighted by molar-refractivity contribution is 5.82. The Hall–Kier alpha value is -4.30. The van der Waals surface area contributed by atoms with Crippen LogP contribution in [0.4, 0.5) is 34.1 Å². The second-order valence-corrected chi connectivity index (χ2v) is 15.9. The maximum Gasteiger partial charge on any atom is 0.0490 e. The molecular formula is C48H60N2. The number of hydrogen-bond donors (Lipinski definition) is 0. The average Bonchev–Trinajstić information content (AvgIpc) is 3.13. The van der Waals surface area contributed by atoms with Gasteiger partial charge in [-0.2, -0.15) is 0 Å². The standard InChI is InChI=1S/C48H60N2/c1-12-47(10,13-2)38-20-27-41(28-21-38)49(40-25-18-37(19-26-40)46(7,8)9)42-29-31-44(32-30-42)50(43-23-16-35(5)17-24-43)45-33-22-39(34-36(45)6)48(11,14-3)15-4/h16-34H,12-15H2,1-11H3. The van der Waals surface area contributed by atoms with Crippen molar-refractivity contribution in [3.8, 4) is 0 Å². The molecule has 0 saturated heterocycles. The van der Waals surface area contributed by atoms with Crippen LogP contribution in [-0.4, -0.2) is 0 Å². The molecule has 5 aromatic carbocycles. The summed E-state index contributed by atoms with van der Waals surface area (Å²) in [5.41, 5.74) is 14.1. The van der Waals surface area contributed by atoms with E-state index in [1.807, 2.05) is 0 Å². The first-order chi connectivity index (χ1) is 23.8. The van der Waals surface area contributed by atoms with E-state index in [1.54, 1.807) is 0 Å². The minimum absolute atomic E-state index is 0.0961. The van der Waals surface area contributed by atoms with Gasteiger partial charge in [-0.25, -0.2) is 0 Å². The number of aryl methyl sites for hydroxylation is 2. The van der Waals surface area contributed by atoms with Gasteiger partial charge in [0.15, 0.2) is 0 Å². The number of benzene rings is 5. The Labute approximate surface area is 304 Å². The van der Waals surface area contributed by atoms with Gasteiger partial charge in [-0.15, -0.1) is 0 Å². The molecule has 0 amide bonds. The molecular weight excluding hydrogens is 605 g/mol. The maximum atomic E-state index is 2.41. The van der Waals surface area contributed by atoms with Crippen LogP contribution in [0.15, 0.2) is 115 Å². The molecule has 0 aliphatic rings. The smallest absolute Gasteiger partial charge is 0.0490 e. The van der Waals surface area contributed by atoms with Crippen LogP contribution in [0.5, 0.6) is 0 Å². The van der Waals surface area contributed by atoms with Crippen LogP contribution in [0.1, 0.15) is 116 Å². The Bertz CT molecular complexity index is 1830. The fourth-order valence-electron chi connectivity index (χ4n) is 7.04. The number of anilines is 6. The summed E-state index contributed by atoms with van der Waals surface area (Å²) >= 11 is 0. The zero-order valence-electron chi connectivity index (χ0n) is 32.7. The molecule has 262 valence electrons. The van der Waals surface area contributed by atoms with Crippen molar-refractivity contribution in [1.29, 1.82) is 0 Å². The summed E-state index contributed by atoms with van der Waals surface area (Å²) in [4.78, 5) is 4.80. The molecule has 50 heavy (non-hydrogen) atoms. The fourth-order valence-corrected chi connectivity index (χ4v) is 7.04. The van der Waals surface area contributed by atoms with Gasteiger partial charge in [0.2, 0.25) is 0 Å². The third-order valence-electron chi connectivity index (χ3n) is 11.7. The van der Waals surface area contributed by atoms with E-state index in [0.717, 1.165) is 54.1 Å². The molecule has 0 aliphatic heterocycles. The molecule has 0 fully saturated rings. The van der Waals surface area contributed by atoms with Gasteiger partial charge in [0.1, 0.15) is 0 Å². The summed E-state index contributed by atoms with van der Waals surface area (Å²) in [6.45, 7) is 25.2. The van der Waals surface area contributed by atoms with Gasteiger partial charge in [0.05, 0.1) is 0 Å². The van der Waals surface area contributed by atoms with E-state index < -0.39 is 0 Å². The predicted molar refractivity (Wildman–Crippen MR) is 220 cm³/mol. The molecule has 0 bridgehead atoms. The summed E-state index contributed by atoms with van der Waals surface area (Å²) in [6.07, 6.45) is 4.50. The van der Waals surface area contributed by atoms with E-state index in [4.69, 9.17) is 0 Å². The molecule has 0 aliphatic carbocycles. The SMILES string of the molecule is CCC(C)(CC)c1ccc(N(c2ccc(N(c3ccc(C)cc3)c3ccc(C(C)(CC)CC)cc3C)cc2)c2ccc(C(C)(C)C)cc2)cc1. The first kappa shape index (κ1) is 37.0. The lowest BCUT2D eigenvalue weighted by atomic mass is 9.77. The van der Waals surface area contributed by atoms with Gasteiger partial charge >= 0.3 is 0 Å². The maximum absolute atomic E-state index is 2.41. The van der Waals surface area contributed by atoms with Crippen molar-refractivity contribution in [1.82, 2.24) is 0 Å². The fraction of sp³-hybridized carbons (Fsp3) is 0.375. The van der Waals surface area contributed by atoms with Crippen LogP contribution in [0.2, 0.25) is 0 Å². The lowest BCUT2D eigenvalue weighted by Crippen LogP contribution is -2.20. The number of hydrogen-bond acceptors (Lipinski definition) is 2. The van der Waals surface area contributed by atoms with Crippen molar-refractivity contribution in [3.63, 3.8) is 0 Å². The van der Waals surface area contributed by atoms with Crippen molar-refractivity contribution in [2.75, 3.05) is 9.80 Å². The molecule has 2 heteroatoms. The molecule has 0 N–H and O–H groups in total. The van der Waals surface area contributed by atoms with Crippen molar-refractivity contribution in [2.45, 2.75) is 118 Å². The summed E-state index contributed by atoms with van der Waals surface area (Å²) in [7, 11) is 0. The van der Waals surface area contributed by atoms with Gasteiger partial charge in [-0.05, 0) is 145 Å². The second kappa shape index (κ2) is 14.9. The largest absolute Gasteiger partial charge is 0.311 e. The summed E-state index contributed by atoms with van der Waals surface area (Å²) in [6, 6.07) is 43.5. The van der Waals surface area contributed by atoms with Gasteiger partial charge < -0.3 is 9.80 Å². The van der Waals surface area contributed by atoms with Crippen molar-refractivity contribution < 1.29 is 0 Å². The summed E-state index contributed by atoms with van der Waals surface area (Å²) < 4.78 is 0. The topological polar surface area (TPSA) is 6.48 Å². The highest BCUT2D eigenvalue weighted by Gasteiger charge is 2.25. The zero-order valence-corrected chi connectivity index (χ0v) is 32.7. The van der Waals surface area contributed by atoms with Crippen LogP contribution in [0, 0.1) is 13.8 Å². The van der Waals surface area contributed by atoms with E-state index in [0.29, 0.717) is 0 Å². The quantitative estimate of drug-likeness (QED) is 0.131. The molecule has 0 atom stereocenters. The van der Waals surface area contributed by atoms with Crippen molar-refractivity contribution >= 4 is 34.1 Å². The molecule has 0 radical (unpaired) electrons. The molecule has 0 unspecified atom stereocenters. The summed E-state index contributed by atoms with van der Waals surface area (Å²) in [5, 5.41) is 0. The van der Waals surface area contributed by atoms with Gasteiger partial charge in [0, 0.05) is 34.1 Å². The van der Waals surface area contributed by atoms with Crippen LogP contribution < -0.4 is 9.80 Å². The van der Waals surface area contributed by atoms with Crippen LogP contribution in [0.25, 0.3) is 0 Å². The average molecular weight is 665 g/mol. The molecule has 0 saturated carbocycles. The monoisotopic (exact) mass is 664 g/mol. The molecule has 2 nitrogen and oxygen atoms in total. The zero-order chi connectivity index (χ0) is 36.3. The van der Waals surface area contributed by atoms with Crippen LogP contribution in [0.3, 0.4) is 0 Å². The molecule has 5 rings (SSSR count). The van der Waals surface area contributed by atoms with Gasteiger partial charge in [-0.3, -0.25) is 0 Å². The predicted octanol–water partition coefficient (Wildman–Crippen LogP) is 14.7. The van der Waals surface area contributed by atoms with Crippen molar-refractivity contribution in [2.24, 2.45) is 0 Å². The van der Waals surface area contributed by atoms with Gasteiger partial charge in [0.25, 0.3) is 0 Å². The number of rotatable bonds is 12. The van der Waals surface area contributed by atoms with Gasteiger partial charge in [-0.1, -0.05) is 116 Å². The highest BCUT2D eigenvalue weighted by Crippen LogP contribution is 2.43. The second-order valence-electron chi connectivity index (χ2n) is 15.9. The Balaban J connectivity index is 1.60. The minimum atomic E-state index is 0.0961. The van der Waals surface area contributed by atoms with Crippen LogP contribution in [-0.2, 0) is 16.2 Å². The number of nitrogens with zero attached hydrogens (tertiary/aromatic N) is 2. The Morgan fingerprint density at radius 3 is 1.14 bits per heavy atom. The highest BCUT2D eigenvalue weighted by atomic mass is 15.2. The van der Waals surface area contributed by atoms with E-state index in [1.165, 1.54) is 33.5 Å². The molecule has 0 heterocycles. The molecule has 0 aromatic heterocycles. The summed E-state index contributed by atoms with van der Waals surface area (Å²) in [5.74, 6) is 0. The van der Waals surface area contributed by atoms with Crippen molar-refractivity contribution in [3.05, 3.63) is 143 Å². The minimum Gasteiger partial charge on any atom is -0.311 e. The Morgan fingerprint density at radius 2 is 0.740 bits per heavy atom. The first-order valence-electron chi connectivity index (χ1n) is 18.9. The van der Waals surface area contributed by atoms with Crippen LogP contribution >= 0.6 is 0 Å².